The summed E-state index contributed by atoms with van der Waals surface area (Å²) in [7, 11) is 0. The maximum absolute atomic E-state index is 13.7. The van der Waals surface area contributed by atoms with Crippen molar-refractivity contribution in [3.05, 3.63) is 35.1 Å². The highest BCUT2D eigenvalue weighted by atomic mass is 19.2. The molecule has 0 heterocycles. The maximum Gasteiger partial charge on any atom is 0.161 e. The number of benzene rings is 1. The maximum atomic E-state index is 13.7. The minimum atomic E-state index is -1.16. The van der Waals surface area contributed by atoms with Crippen LogP contribution in [0.2, 0.25) is 0 Å². The second-order valence-electron chi connectivity index (χ2n) is 6.06. The number of halogens is 3. The molecule has 0 aromatic heterocycles. The first-order valence-electron chi connectivity index (χ1n) is 6.94. The van der Waals surface area contributed by atoms with Crippen LogP contribution in [0.15, 0.2) is 12.1 Å². The summed E-state index contributed by atoms with van der Waals surface area (Å²) in [4.78, 5) is 0. The average Bonchev–Trinajstić information content (AvgIpc) is 2.95. The highest BCUT2D eigenvalue weighted by Gasteiger charge is 2.40. The fourth-order valence-electron chi connectivity index (χ4n) is 3.94. The lowest BCUT2D eigenvalue weighted by atomic mass is 9.83. The Kier molecular flexibility index (Phi) is 3.29. The lowest BCUT2D eigenvalue weighted by Crippen LogP contribution is -2.20. The summed E-state index contributed by atoms with van der Waals surface area (Å²) in [5.41, 5.74) is 6.10. The normalized spacial score (nSPS) is 30.8. The second-order valence-corrected chi connectivity index (χ2v) is 6.06. The molecule has 2 N–H and O–H groups in total. The van der Waals surface area contributed by atoms with Crippen molar-refractivity contribution in [2.45, 2.75) is 38.1 Å². The Labute approximate surface area is 111 Å². The summed E-state index contributed by atoms with van der Waals surface area (Å²) >= 11 is 0. The van der Waals surface area contributed by atoms with Crippen LogP contribution in [0, 0.1) is 35.2 Å². The molecule has 2 aliphatic rings. The predicted molar refractivity (Wildman–Crippen MR) is 66.8 cm³/mol. The van der Waals surface area contributed by atoms with Crippen molar-refractivity contribution >= 4 is 0 Å². The van der Waals surface area contributed by atoms with E-state index in [2.05, 4.69) is 0 Å². The third-order valence-corrected chi connectivity index (χ3v) is 4.88. The fourth-order valence-corrected chi connectivity index (χ4v) is 3.94. The highest BCUT2D eigenvalue weighted by molar-refractivity contribution is 5.23. The monoisotopic (exact) mass is 269 g/mol. The van der Waals surface area contributed by atoms with E-state index < -0.39 is 23.5 Å². The van der Waals surface area contributed by atoms with Crippen LogP contribution in [-0.4, -0.2) is 0 Å². The zero-order valence-corrected chi connectivity index (χ0v) is 10.7. The molecular weight excluding hydrogens is 251 g/mol. The summed E-state index contributed by atoms with van der Waals surface area (Å²) in [6, 6.07) is 0.952. The Bertz CT molecular complexity index is 489. The summed E-state index contributed by atoms with van der Waals surface area (Å²) in [5, 5.41) is 0. The molecule has 2 bridgehead atoms. The SMILES string of the molecule is NC(CC1CC2CCC1C2)c1cc(F)c(F)cc1F. The van der Waals surface area contributed by atoms with Crippen LogP contribution in [0.3, 0.4) is 0 Å². The molecule has 0 spiro atoms. The van der Waals surface area contributed by atoms with Gasteiger partial charge < -0.3 is 5.73 Å². The molecule has 0 amide bonds. The third-order valence-electron chi connectivity index (χ3n) is 4.88. The van der Waals surface area contributed by atoms with E-state index in [0.717, 1.165) is 18.4 Å². The van der Waals surface area contributed by atoms with Gasteiger partial charge in [-0.1, -0.05) is 6.42 Å². The molecule has 2 saturated carbocycles. The molecule has 1 aromatic rings. The van der Waals surface area contributed by atoms with Crippen molar-refractivity contribution in [1.82, 2.24) is 0 Å². The van der Waals surface area contributed by atoms with E-state index in [9.17, 15) is 13.2 Å². The Morgan fingerprint density at radius 1 is 1.05 bits per heavy atom. The van der Waals surface area contributed by atoms with Crippen LogP contribution < -0.4 is 5.73 Å². The van der Waals surface area contributed by atoms with Crippen molar-refractivity contribution in [3.63, 3.8) is 0 Å². The lowest BCUT2D eigenvalue weighted by Gasteiger charge is -2.25. The van der Waals surface area contributed by atoms with Gasteiger partial charge in [0.05, 0.1) is 0 Å². The largest absolute Gasteiger partial charge is 0.324 e. The van der Waals surface area contributed by atoms with Crippen molar-refractivity contribution in [2.24, 2.45) is 23.5 Å². The molecule has 4 atom stereocenters. The Hall–Kier alpha value is -1.03. The Balaban J connectivity index is 1.73. The van der Waals surface area contributed by atoms with Gasteiger partial charge in [-0.2, -0.15) is 0 Å². The summed E-state index contributed by atoms with van der Waals surface area (Å²) in [5.74, 6) is -0.912. The van der Waals surface area contributed by atoms with Gasteiger partial charge in [0, 0.05) is 17.7 Å². The van der Waals surface area contributed by atoms with Gasteiger partial charge in [0.25, 0.3) is 0 Å². The standard InChI is InChI=1S/C15H18F3N/c16-12-7-14(18)13(17)6-11(12)15(19)5-10-4-8-1-2-9(10)3-8/h6-10,15H,1-5,19H2. The smallest absolute Gasteiger partial charge is 0.161 e. The molecule has 104 valence electrons. The average molecular weight is 269 g/mol. The first kappa shape index (κ1) is 13.0. The molecular formula is C15H18F3N. The number of nitrogens with two attached hydrogens (primary N) is 1. The van der Waals surface area contributed by atoms with E-state index in [1.165, 1.54) is 19.3 Å². The first-order chi connectivity index (χ1) is 9.04. The number of fused-ring (bicyclic) bond motifs is 2. The van der Waals surface area contributed by atoms with Crippen LogP contribution in [0.5, 0.6) is 0 Å². The van der Waals surface area contributed by atoms with Gasteiger partial charge in [0.2, 0.25) is 0 Å². The third kappa shape index (κ3) is 2.38. The predicted octanol–water partition coefficient (Wildman–Crippen LogP) is 3.93. The van der Waals surface area contributed by atoms with Gasteiger partial charge in [-0.3, -0.25) is 0 Å². The van der Waals surface area contributed by atoms with Gasteiger partial charge in [-0.15, -0.1) is 0 Å². The zero-order chi connectivity index (χ0) is 13.6. The fraction of sp³-hybridized carbons (Fsp3) is 0.600. The van der Waals surface area contributed by atoms with Gasteiger partial charge in [0.1, 0.15) is 5.82 Å². The van der Waals surface area contributed by atoms with E-state index in [1.807, 2.05) is 0 Å². The van der Waals surface area contributed by atoms with Crippen molar-refractivity contribution < 1.29 is 13.2 Å². The van der Waals surface area contributed by atoms with E-state index in [0.29, 0.717) is 24.3 Å². The van der Waals surface area contributed by atoms with E-state index in [4.69, 9.17) is 5.73 Å². The lowest BCUT2D eigenvalue weighted by molar-refractivity contribution is 0.293. The van der Waals surface area contributed by atoms with Crippen LogP contribution in [0.4, 0.5) is 13.2 Å². The molecule has 4 heteroatoms. The van der Waals surface area contributed by atoms with Crippen LogP contribution in [0.25, 0.3) is 0 Å². The van der Waals surface area contributed by atoms with Gasteiger partial charge >= 0.3 is 0 Å². The van der Waals surface area contributed by atoms with E-state index >= 15 is 0 Å². The van der Waals surface area contributed by atoms with Crippen molar-refractivity contribution in [2.75, 3.05) is 0 Å². The van der Waals surface area contributed by atoms with Crippen LogP contribution in [0.1, 0.15) is 43.7 Å². The molecule has 0 aliphatic heterocycles. The van der Waals surface area contributed by atoms with E-state index in [1.54, 1.807) is 0 Å². The molecule has 3 rings (SSSR count). The quantitative estimate of drug-likeness (QED) is 0.827. The van der Waals surface area contributed by atoms with Gasteiger partial charge in [-0.05, 0) is 49.5 Å². The zero-order valence-electron chi connectivity index (χ0n) is 10.7. The van der Waals surface area contributed by atoms with Gasteiger partial charge in [0.15, 0.2) is 11.6 Å². The summed E-state index contributed by atoms with van der Waals surface area (Å²) < 4.78 is 39.7. The molecule has 0 saturated heterocycles. The molecule has 1 aromatic carbocycles. The minimum Gasteiger partial charge on any atom is -0.324 e. The number of hydrogen-bond donors (Lipinski definition) is 1. The summed E-state index contributed by atoms with van der Waals surface area (Å²) in [6.07, 6.45) is 5.63. The molecule has 2 fully saturated rings. The Morgan fingerprint density at radius 2 is 1.79 bits per heavy atom. The summed E-state index contributed by atoms with van der Waals surface area (Å²) in [6.45, 7) is 0. The highest BCUT2D eigenvalue weighted by Crippen LogP contribution is 2.50. The van der Waals surface area contributed by atoms with Crippen LogP contribution >= 0.6 is 0 Å². The molecule has 0 radical (unpaired) electrons. The van der Waals surface area contributed by atoms with Crippen molar-refractivity contribution in [3.8, 4) is 0 Å². The minimum absolute atomic E-state index is 0.0988. The first-order valence-corrected chi connectivity index (χ1v) is 6.94. The Morgan fingerprint density at radius 3 is 2.42 bits per heavy atom. The van der Waals surface area contributed by atoms with Crippen LogP contribution in [-0.2, 0) is 0 Å². The molecule has 4 unspecified atom stereocenters. The number of rotatable bonds is 3. The molecule has 2 aliphatic carbocycles. The van der Waals surface area contributed by atoms with Crippen molar-refractivity contribution in [1.29, 1.82) is 0 Å². The second kappa shape index (κ2) is 4.82. The molecule has 19 heavy (non-hydrogen) atoms. The topological polar surface area (TPSA) is 26.0 Å². The molecule has 1 nitrogen and oxygen atoms in total. The number of hydrogen-bond acceptors (Lipinski definition) is 1. The van der Waals surface area contributed by atoms with E-state index in [-0.39, 0.29) is 5.56 Å². The van der Waals surface area contributed by atoms with Gasteiger partial charge in [-0.25, -0.2) is 13.2 Å².